The Labute approximate surface area is 161 Å². The van der Waals surface area contributed by atoms with E-state index in [9.17, 15) is 14.4 Å². The lowest BCUT2D eigenvalue weighted by atomic mass is 10.1. The summed E-state index contributed by atoms with van der Waals surface area (Å²) in [5, 5.41) is 2.55. The predicted octanol–water partition coefficient (Wildman–Crippen LogP) is 3.71. The number of benzene rings is 2. The third kappa shape index (κ3) is 3.85. The van der Waals surface area contributed by atoms with Crippen LogP contribution >= 0.6 is 11.6 Å². The Hall–Kier alpha value is -3.12. The van der Waals surface area contributed by atoms with Crippen molar-refractivity contribution in [2.45, 2.75) is 13.8 Å². The molecule has 1 aliphatic rings. The highest BCUT2D eigenvalue weighted by Gasteiger charge is 2.36. The van der Waals surface area contributed by atoms with Gasteiger partial charge in [0.15, 0.2) is 0 Å². The lowest BCUT2D eigenvalue weighted by molar-refractivity contribution is -0.122. The minimum absolute atomic E-state index is 0.157. The highest BCUT2D eigenvalue weighted by atomic mass is 35.5. The highest BCUT2D eigenvalue weighted by molar-refractivity contribution is 6.39. The van der Waals surface area contributed by atoms with Crippen LogP contribution in [0.1, 0.15) is 18.1 Å². The van der Waals surface area contributed by atoms with Crippen molar-refractivity contribution in [2.75, 3.05) is 11.5 Å². The van der Waals surface area contributed by atoms with Crippen molar-refractivity contribution in [3.05, 3.63) is 64.2 Å². The molecule has 2 aromatic rings. The maximum Gasteiger partial charge on any atom is 0.335 e. The zero-order valence-corrected chi connectivity index (χ0v) is 15.5. The number of barbiturate groups is 1. The van der Waals surface area contributed by atoms with E-state index in [-0.39, 0.29) is 5.57 Å². The van der Waals surface area contributed by atoms with Gasteiger partial charge in [-0.2, -0.15) is 0 Å². The maximum absolute atomic E-state index is 12.8. The highest BCUT2D eigenvalue weighted by Crippen LogP contribution is 2.27. The van der Waals surface area contributed by atoms with E-state index in [1.807, 2.05) is 13.8 Å². The maximum atomic E-state index is 12.8. The molecule has 6 nitrogen and oxygen atoms in total. The normalized spacial score (nSPS) is 15.9. The quantitative estimate of drug-likeness (QED) is 0.644. The molecule has 1 aliphatic heterocycles. The molecule has 3 rings (SSSR count). The van der Waals surface area contributed by atoms with E-state index >= 15 is 0 Å². The monoisotopic (exact) mass is 384 g/mol. The second kappa shape index (κ2) is 7.63. The molecule has 27 heavy (non-hydrogen) atoms. The first-order valence-corrected chi connectivity index (χ1v) is 8.69. The summed E-state index contributed by atoms with van der Waals surface area (Å²) in [4.78, 5) is 38.1. The van der Waals surface area contributed by atoms with Gasteiger partial charge < -0.3 is 4.74 Å². The van der Waals surface area contributed by atoms with Crippen molar-refractivity contribution < 1.29 is 19.1 Å². The first kappa shape index (κ1) is 18.7. The molecule has 0 atom stereocenters. The van der Waals surface area contributed by atoms with Crippen LogP contribution in [-0.2, 0) is 9.59 Å². The van der Waals surface area contributed by atoms with E-state index in [1.54, 1.807) is 42.5 Å². The number of aryl methyl sites for hydroxylation is 1. The third-order valence-corrected chi connectivity index (χ3v) is 4.26. The molecule has 138 valence electrons. The van der Waals surface area contributed by atoms with Gasteiger partial charge in [-0.25, -0.2) is 9.69 Å². The fourth-order valence-corrected chi connectivity index (χ4v) is 2.88. The van der Waals surface area contributed by atoms with Crippen molar-refractivity contribution in [1.82, 2.24) is 5.32 Å². The van der Waals surface area contributed by atoms with E-state index in [1.165, 1.54) is 6.08 Å². The standard InChI is InChI=1S/C20H17ClN2O4/c1-3-27-17-9-6-13(11-16(17)21)10-15-18(24)22-20(26)23(19(15)25)14-7-4-12(2)5-8-14/h4-11H,3H2,1-2H3,(H,22,24,26)/b15-10-. The van der Waals surface area contributed by atoms with E-state index in [2.05, 4.69) is 5.32 Å². The summed E-state index contributed by atoms with van der Waals surface area (Å²) < 4.78 is 5.37. The SMILES string of the molecule is CCOc1ccc(/C=C2/C(=O)NC(=O)N(c3ccc(C)cc3)C2=O)cc1Cl. The van der Waals surface area contributed by atoms with Gasteiger partial charge in [-0.05, 0) is 49.8 Å². The summed E-state index contributed by atoms with van der Waals surface area (Å²) in [6, 6.07) is 11.0. The zero-order valence-electron chi connectivity index (χ0n) is 14.8. The summed E-state index contributed by atoms with van der Waals surface area (Å²) in [5.74, 6) is -0.937. The van der Waals surface area contributed by atoms with Crippen LogP contribution in [0.3, 0.4) is 0 Å². The van der Waals surface area contributed by atoms with Gasteiger partial charge in [0.25, 0.3) is 11.8 Å². The minimum atomic E-state index is -0.782. The summed E-state index contributed by atoms with van der Waals surface area (Å²) in [5.41, 5.74) is 1.75. The molecule has 1 N–H and O–H groups in total. The number of anilines is 1. The average molecular weight is 385 g/mol. The minimum Gasteiger partial charge on any atom is -0.492 e. The van der Waals surface area contributed by atoms with Gasteiger partial charge in [0, 0.05) is 0 Å². The molecule has 2 aromatic carbocycles. The lowest BCUT2D eigenvalue weighted by Gasteiger charge is -2.26. The number of urea groups is 1. The number of nitrogens with zero attached hydrogens (tertiary/aromatic N) is 1. The molecule has 0 spiro atoms. The number of carbonyl (C=O) groups excluding carboxylic acids is 3. The van der Waals surface area contributed by atoms with Crippen LogP contribution in [0.4, 0.5) is 10.5 Å². The molecule has 0 unspecified atom stereocenters. The topological polar surface area (TPSA) is 75.7 Å². The van der Waals surface area contributed by atoms with E-state index < -0.39 is 17.8 Å². The van der Waals surface area contributed by atoms with Crippen LogP contribution in [-0.4, -0.2) is 24.5 Å². The second-order valence-electron chi connectivity index (χ2n) is 5.92. The van der Waals surface area contributed by atoms with Crippen molar-refractivity contribution in [3.8, 4) is 5.75 Å². The zero-order chi connectivity index (χ0) is 19.6. The number of ether oxygens (including phenoxy) is 1. The molecule has 0 aliphatic carbocycles. The molecule has 4 amide bonds. The van der Waals surface area contributed by atoms with Gasteiger partial charge in [-0.15, -0.1) is 0 Å². The van der Waals surface area contributed by atoms with Crippen LogP contribution in [0, 0.1) is 6.92 Å². The largest absolute Gasteiger partial charge is 0.492 e. The number of rotatable bonds is 4. The van der Waals surface area contributed by atoms with Crippen LogP contribution in [0.15, 0.2) is 48.0 Å². The number of halogens is 1. The smallest absolute Gasteiger partial charge is 0.335 e. The van der Waals surface area contributed by atoms with Gasteiger partial charge >= 0.3 is 6.03 Å². The number of nitrogens with one attached hydrogen (secondary N) is 1. The van der Waals surface area contributed by atoms with Crippen LogP contribution in [0.5, 0.6) is 5.75 Å². The Morgan fingerprint density at radius 1 is 1.11 bits per heavy atom. The number of carbonyl (C=O) groups is 3. The number of imide groups is 2. The van der Waals surface area contributed by atoms with Crippen molar-refractivity contribution in [3.63, 3.8) is 0 Å². The van der Waals surface area contributed by atoms with E-state index in [0.29, 0.717) is 28.6 Å². The fourth-order valence-electron chi connectivity index (χ4n) is 2.63. The number of hydrogen-bond acceptors (Lipinski definition) is 4. The lowest BCUT2D eigenvalue weighted by Crippen LogP contribution is -2.54. The van der Waals surface area contributed by atoms with Gasteiger partial charge in [-0.3, -0.25) is 14.9 Å². The molecule has 7 heteroatoms. The van der Waals surface area contributed by atoms with Crippen LogP contribution in [0.2, 0.25) is 5.02 Å². The molecule has 1 fully saturated rings. The molecule has 1 heterocycles. The molecule has 1 saturated heterocycles. The van der Waals surface area contributed by atoms with Crippen molar-refractivity contribution in [2.24, 2.45) is 0 Å². The fraction of sp³-hybridized carbons (Fsp3) is 0.150. The first-order chi connectivity index (χ1) is 12.9. The van der Waals surface area contributed by atoms with Gasteiger partial charge in [0.05, 0.1) is 17.3 Å². The van der Waals surface area contributed by atoms with Crippen LogP contribution < -0.4 is 15.0 Å². The van der Waals surface area contributed by atoms with E-state index in [0.717, 1.165) is 10.5 Å². The Kier molecular flexibility index (Phi) is 5.28. The molecule has 0 bridgehead atoms. The molecule has 0 aromatic heterocycles. The Morgan fingerprint density at radius 2 is 1.81 bits per heavy atom. The van der Waals surface area contributed by atoms with Gasteiger partial charge in [0.1, 0.15) is 11.3 Å². The molecule has 0 saturated carbocycles. The van der Waals surface area contributed by atoms with Crippen molar-refractivity contribution in [1.29, 1.82) is 0 Å². The van der Waals surface area contributed by atoms with Crippen LogP contribution in [0.25, 0.3) is 6.08 Å². The van der Waals surface area contributed by atoms with Crippen molar-refractivity contribution >= 4 is 41.2 Å². The van der Waals surface area contributed by atoms with Gasteiger partial charge in [0.2, 0.25) is 0 Å². The summed E-state index contributed by atoms with van der Waals surface area (Å²) >= 11 is 6.16. The predicted molar refractivity (Wildman–Crippen MR) is 103 cm³/mol. The second-order valence-corrected chi connectivity index (χ2v) is 6.32. The summed E-state index contributed by atoms with van der Waals surface area (Å²) in [6.07, 6.45) is 1.40. The Bertz CT molecular complexity index is 951. The summed E-state index contributed by atoms with van der Waals surface area (Å²) in [6.45, 7) is 4.20. The molecular formula is C20H17ClN2O4. The summed E-state index contributed by atoms with van der Waals surface area (Å²) in [7, 11) is 0. The molecular weight excluding hydrogens is 368 g/mol. The number of hydrogen-bond donors (Lipinski definition) is 1. The average Bonchev–Trinajstić information content (AvgIpc) is 2.62. The molecule has 0 radical (unpaired) electrons. The number of amides is 4. The Morgan fingerprint density at radius 3 is 2.44 bits per heavy atom. The van der Waals surface area contributed by atoms with Gasteiger partial charge in [-0.1, -0.05) is 35.4 Å². The van der Waals surface area contributed by atoms with E-state index in [4.69, 9.17) is 16.3 Å². The first-order valence-electron chi connectivity index (χ1n) is 8.31. The third-order valence-electron chi connectivity index (χ3n) is 3.96. The Balaban J connectivity index is 1.96.